The molecule has 0 bridgehead atoms. The zero-order valence-corrected chi connectivity index (χ0v) is 23.9. The molecule has 9 aromatic rings. The molecule has 0 radical (unpaired) electrons. The van der Waals surface area contributed by atoms with E-state index < -0.39 is 0 Å². The first-order valence-electron chi connectivity index (χ1n) is 15.0. The van der Waals surface area contributed by atoms with E-state index in [1.807, 2.05) is 12.1 Å². The van der Waals surface area contributed by atoms with Gasteiger partial charge in [0, 0.05) is 27.8 Å². The predicted octanol–water partition coefficient (Wildman–Crippen LogP) is 12.2. The standard InChI is InChI=1S/C42H27NO/c1-2-10-30-24-32(18-16-28(30)8-1)31-11-7-12-34(25-31)43(36-21-23-42-40(27-36)39-14-5-6-15-41(39)44-42)35-20-22-38-33(26-35)19-17-29-9-3-4-13-37(29)38/h1-27H. The number of fused-ring (bicyclic) bond motifs is 7. The number of rotatable bonds is 4. The Bertz CT molecular complexity index is 2520. The van der Waals surface area contributed by atoms with Crippen LogP contribution in [0.4, 0.5) is 17.1 Å². The van der Waals surface area contributed by atoms with Crippen molar-refractivity contribution in [2.24, 2.45) is 0 Å². The fourth-order valence-electron chi connectivity index (χ4n) is 6.63. The lowest BCUT2D eigenvalue weighted by Gasteiger charge is -2.26. The molecule has 0 saturated heterocycles. The Labute approximate surface area is 255 Å². The summed E-state index contributed by atoms with van der Waals surface area (Å²) in [6.45, 7) is 0. The molecule has 1 aromatic heterocycles. The summed E-state index contributed by atoms with van der Waals surface area (Å²) in [6, 6.07) is 58.8. The minimum atomic E-state index is 0.893. The average molecular weight is 562 g/mol. The van der Waals surface area contributed by atoms with Crippen LogP contribution >= 0.6 is 0 Å². The van der Waals surface area contributed by atoms with Gasteiger partial charge in [0.1, 0.15) is 11.2 Å². The van der Waals surface area contributed by atoms with Crippen LogP contribution in [0.25, 0.3) is 65.4 Å². The summed E-state index contributed by atoms with van der Waals surface area (Å²) in [7, 11) is 0. The summed E-state index contributed by atoms with van der Waals surface area (Å²) >= 11 is 0. The van der Waals surface area contributed by atoms with Gasteiger partial charge in [-0.15, -0.1) is 0 Å². The van der Waals surface area contributed by atoms with Gasteiger partial charge >= 0.3 is 0 Å². The highest BCUT2D eigenvalue weighted by atomic mass is 16.3. The summed E-state index contributed by atoms with van der Waals surface area (Å²) in [5.74, 6) is 0. The first-order valence-corrected chi connectivity index (χ1v) is 15.0. The lowest BCUT2D eigenvalue weighted by molar-refractivity contribution is 0.669. The van der Waals surface area contributed by atoms with E-state index in [1.54, 1.807) is 0 Å². The van der Waals surface area contributed by atoms with Crippen LogP contribution in [0.5, 0.6) is 0 Å². The van der Waals surface area contributed by atoms with Crippen LogP contribution in [0.2, 0.25) is 0 Å². The maximum Gasteiger partial charge on any atom is 0.135 e. The van der Waals surface area contributed by atoms with E-state index in [-0.39, 0.29) is 0 Å². The highest BCUT2D eigenvalue weighted by Crippen LogP contribution is 2.41. The molecule has 0 unspecified atom stereocenters. The van der Waals surface area contributed by atoms with Crippen LogP contribution in [0.3, 0.4) is 0 Å². The number of anilines is 3. The minimum absolute atomic E-state index is 0.893. The van der Waals surface area contributed by atoms with Gasteiger partial charge in [-0.1, -0.05) is 109 Å². The van der Waals surface area contributed by atoms with Crippen LogP contribution < -0.4 is 4.90 Å². The zero-order valence-electron chi connectivity index (χ0n) is 23.9. The van der Waals surface area contributed by atoms with Gasteiger partial charge in [-0.25, -0.2) is 0 Å². The third-order valence-electron chi connectivity index (χ3n) is 8.79. The first kappa shape index (κ1) is 24.7. The first-order chi connectivity index (χ1) is 21.8. The Morgan fingerprint density at radius 1 is 0.318 bits per heavy atom. The van der Waals surface area contributed by atoms with E-state index in [2.05, 4.69) is 157 Å². The number of nitrogens with zero attached hydrogens (tertiary/aromatic N) is 1. The summed E-state index contributed by atoms with van der Waals surface area (Å²) in [5, 5.41) is 9.72. The second-order valence-electron chi connectivity index (χ2n) is 11.4. The van der Waals surface area contributed by atoms with Crippen LogP contribution in [-0.2, 0) is 0 Å². The van der Waals surface area contributed by atoms with Crippen LogP contribution in [0.15, 0.2) is 168 Å². The molecule has 44 heavy (non-hydrogen) atoms. The van der Waals surface area contributed by atoms with Gasteiger partial charge in [-0.3, -0.25) is 0 Å². The molecule has 1 heterocycles. The molecule has 2 heteroatoms. The molecule has 206 valence electrons. The Balaban J connectivity index is 1.25. The van der Waals surface area contributed by atoms with E-state index in [1.165, 1.54) is 43.4 Å². The predicted molar refractivity (Wildman–Crippen MR) is 186 cm³/mol. The highest BCUT2D eigenvalue weighted by molar-refractivity contribution is 6.09. The van der Waals surface area contributed by atoms with Crippen molar-refractivity contribution in [1.82, 2.24) is 0 Å². The Hall–Kier alpha value is -5.86. The van der Waals surface area contributed by atoms with Crippen molar-refractivity contribution < 1.29 is 4.42 Å². The zero-order chi connectivity index (χ0) is 29.0. The van der Waals surface area contributed by atoms with Crippen molar-refractivity contribution in [3.63, 3.8) is 0 Å². The van der Waals surface area contributed by atoms with Crippen molar-refractivity contribution >= 4 is 71.3 Å². The summed E-state index contributed by atoms with van der Waals surface area (Å²) in [6.07, 6.45) is 0. The number of hydrogen-bond acceptors (Lipinski definition) is 2. The Morgan fingerprint density at radius 2 is 0.955 bits per heavy atom. The van der Waals surface area contributed by atoms with Crippen molar-refractivity contribution in [3.8, 4) is 11.1 Å². The number of furan rings is 1. The third-order valence-corrected chi connectivity index (χ3v) is 8.79. The number of hydrogen-bond donors (Lipinski definition) is 0. The maximum absolute atomic E-state index is 6.19. The normalized spacial score (nSPS) is 11.6. The average Bonchev–Trinajstić information content (AvgIpc) is 3.46. The molecule has 0 spiro atoms. The lowest BCUT2D eigenvalue weighted by Crippen LogP contribution is -2.10. The molecule has 0 fully saturated rings. The second-order valence-corrected chi connectivity index (χ2v) is 11.4. The monoisotopic (exact) mass is 561 g/mol. The molecule has 0 aliphatic rings. The van der Waals surface area contributed by atoms with Crippen molar-refractivity contribution in [2.75, 3.05) is 4.90 Å². The molecule has 2 nitrogen and oxygen atoms in total. The van der Waals surface area contributed by atoms with E-state index >= 15 is 0 Å². The topological polar surface area (TPSA) is 16.4 Å². The van der Waals surface area contributed by atoms with E-state index in [9.17, 15) is 0 Å². The number of para-hydroxylation sites is 1. The van der Waals surface area contributed by atoms with E-state index in [4.69, 9.17) is 4.42 Å². The summed E-state index contributed by atoms with van der Waals surface area (Å²) in [5.41, 5.74) is 7.47. The fourth-order valence-corrected chi connectivity index (χ4v) is 6.63. The van der Waals surface area contributed by atoms with E-state index in [0.29, 0.717) is 0 Å². The fraction of sp³-hybridized carbons (Fsp3) is 0. The van der Waals surface area contributed by atoms with Crippen LogP contribution in [-0.4, -0.2) is 0 Å². The maximum atomic E-state index is 6.19. The summed E-state index contributed by atoms with van der Waals surface area (Å²) < 4.78 is 6.19. The molecule has 8 aromatic carbocycles. The van der Waals surface area contributed by atoms with Gasteiger partial charge < -0.3 is 9.32 Å². The van der Waals surface area contributed by atoms with Crippen molar-refractivity contribution in [1.29, 1.82) is 0 Å². The minimum Gasteiger partial charge on any atom is -0.456 e. The van der Waals surface area contributed by atoms with Crippen LogP contribution in [0.1, 0.15) is 0 Å². The molecule has 0 aliphatic carbocycles. The van der Waals surface area contributed by atoms with Crippen molar-refractivity contribution in [3.05, 3.63) is 164 Å². The van der Waals surface area contributed by atoms with Gasteiger partial charge in [0.25, 0.3) is 0 Å². The Kier molecular flexibility index (Phi) is 5.54. The second kappa shape index (κ2) is 9.86. The van der Waals surface area contributed by atoms with Gasteiger partial charge in [-0.2, -0.15) is 0 Å². The molecule has 0 N–H and O–H groups in total. The lowest BCUT2D eigenvalue weighted by atomic mass is 9.99. The SMILES string of the molecule is c1cc(-c2ccc3ccccc3c2)cc(N(c2ccc3c(ccc4ccccc43)c2)c2ccc3oc4ccccc4c3c2)c1. The molecular weight excluding hydrogens is 534 g/mol. The van der Waals surface area contributed by atoms with Gasteiger partial charge in [-0.05, 0) is 98.0 Å². The quantitative estimate of drug-likeness (QED) is 0.199. The van der Waals surface area contributed by atoms with E-state index in [0.717, 1.165) is 39.0 Å². The van der Waals surface area contributed by atoms with Gasteiger partial charge in [0.2, 0.25) is 0 Å². The molecule has 9 rings (SSSR count). The summed E-state index contributed by atoms with van der Waals surface area (Å²) in [4.78, 5) is 2.36. The smallest absolute Gasteiger partial charge is 0.135 e. The Morgan fingerprint density at radius 3 is 1.89 bits per heavy atom. The van der Waals surface area contributed by atoms with Crippen molar-refractivity contribution in [2.45, 2.75) is 0 Å². The number of benzene rings is 8. The largest absolute Gasteiger partial charge is 0.456 e. The molecule has 0 aliphatic heterocycles. The molecule has 0 amide bonds. The van der Waals surface area contributed by atoms with Gasteiger partial charge in [0.15, 0.2) is 0 Å². The molecule has 0 saturated carbocycles. The molecular formula is C42H27NO. The van der Waals surface area contributed by atoms with Gasteiger partial charge in [0.05, 0.1) is 0 Å². The molecule has 0 atom stereocenters. The highest BCUT2D eigenvalue weighted by Gasteiger charge is 2.17. The van der Waals surface area contributed by atoms with Crippen LogP contribution in [0, 0.1) is 0 Å². The third kappa shape index (κ3) is 4.04.